The van der Waals surface area contributed by atoms with E-state index in [1.54, 1.807) is 4.90 Å². The third-order valence-corrected chi connectivity index (χ3v) is 3.24. The highest BCUT2D eigenvalue weighted by molar-refractivity contribution is 5.97. The second kappa shape index (κ2) is 6.57. The molecular weight excluding hydrogens is 228 g/mol. The SMILES string of the molecule is CCCC1C(=O)NC(CC)C(=O)N1CC=C(C)C. The lowest BCUT2D eigenvalue weighted by Crippen LogP contribution is -2.63. The molecule has 0 radical (unpaired) electrons. The first-order chi connectivity index (χ1) is 8.51. The zero-order valence-electron chi connectivity index (χ0n) is 11.8. The van der Waals surface area contributed by atoms with Crippen molar-refractivity contribution in [3.8, 4) is 0 Å². The fourth-order valence-electron chi connectivity index (χ4n) is 2.16. The van der Waals surface area contributed by atoms with Gasteiger partial charge in [-0.15, -0.1) is 0 Å². The van der Waals surface area contributed by atoms with E-state index in [-0.39, 0.29) is 23.9 Å². The maximum Gasteiger partial charge on any atom is 0.246 e. The molecule has 2 amide bonds. The van der Waals surface area contributed by atoms with Gasteiger partial charge in [0, 0.05) is 6.54 Å². The van der Waals surface area contributed by atoms with E-state index >= 15 is 0 Å². The highest BCUT2D eigenvalue weighted by atomic mass is 16.2. The molecule has 4 nitrogen and oxygen atoms in total. The van der Waals surface area contributed by atoms with Gasteiger partial charge >= 0.3 is 0 Å². The third-order valence-electron chi connectivity index (χ3n) is 3.24. The van der Waals surface area contributed by atoms with Crippen LogP contribution >= 0.6 is 0 Å². The number of nitrogens with one attached hydrogen (secondary N) is 1. The van der Waals surface area contributed by atoms with E-state index in [0.717, 1.165) is 18.4 Å². The van der Waals surface area contributed by atoms with Gasteiger partial charge in [-0.25, -0.2) is 0 Å². The summed E-state index contributed by atoms with van der Waals surface area (Å²) < 4.78 is 0. The molecule has 1 heterocycles. The number of hydrogen-bond donors (Lipinski definition) is 1. The van der Waals surface area contributed by atoms with Gasteiger partial charge in [0.05, 0.1) is 0 Å². The number of carbonyl (C=O) groups is 2. The average Bonchev–Trinajstić information content (AvgIpc) is 2.32. The number of piperazine rings is 1. The average molecular weight is 252 g/mol. The lowest BCUT2D eigenvalue weighted by molar-refractivity contribution is -0.149. The molecule has 0 aromatic rings. The minimum absolute atomic E-state index is 0.00884. The molecule has 0 spiro atoms. The van der Waals surface area contributed by atoms with E-state index in [1.165, 1.54) is 0 Å². The first-order valence-corrected chi connectivity index (χ1v) is 6.75. The van der Waals surface area contributed by atoms with Crippen LogP contribution in [0.4, 0.5) is 0 Å². The van der Waals surface area contributed by atoms with Crippen LogP contribution in [0.1, 0.15) is 47.0 Å². The summed E-state index contributed by atoms with van der Waals surface area (Å²) in [7, 11) is 0. The minimum atomic E-state index is -0.351. The number of carbonyl (C=O) groups excluding carboxylic acids is 2. The van der Waals surface area contributed by atoms with Gasteiger partial charge in [0.2, 0.25) is 11.8 Å². The van der Waals surface area contributed by atoms with Gasteiger partial charge in [0.1, 0.15) is 12.1 Å². The molecule has 1 N–H and O–H groups in total. The third kappa shape index (κ3) is 3.34. The molecule has 1 aliphatic heterocycles. The van der Waals surface area contributed by atoms with Crippen LogP contribution in [0.15, 0.2) is 11.6 Å². The van der Waals surface area contributed by atoms with Crippen LogP contribution in [-0.2, 0) is 9.59 Å². The Morgan fingerprint density at radius 1 is 1.33 bits per heavy atom. The molecule has 2 unspecified atom stereocenters. The highest BCUT2D eigenvalue weighted by Gasteiger charge is 2.38. The Morgan fingerprint density at radius 2 is 2.00 bits per heavy atom. The monoisotopic (exact) mass is 252 g/mol. The Bertz CT molecular complexity index is 346. The van der Waals surface area contributed by atoms with Gasteiger partial charge in [-0.1, -0.05) is 31.9 Å². The summed E-state index contributed by atoms with van der Waals surface area (Å²) in [6, 6.07) is -0.655. The highest BCUT2D eigenvalue weighted by Crippen LogP contribution is 2.16. The van der Waals surface area contributed by atoms with Crippen LogP contribution in [-0.4, -0.2) is 35.3 Å². The predicted octanol–water partition coefficient (Wildman–Crippen LogP) is 1.86. The van der Waals surface area contributed by atoms with Crippen LogP contribution < -0.4 is 5.32 Å². The summed E-state index contributed by atoms with van der Waals surface area (Å²) >= 11 is 0. The molecule has 1 fully saturated rings. The topological polar surface area (TPSA) is 49.4 Å². The molecule has 1 aliphatic rings. The molecule has 2 atom stereocenters. The zero-order chi connectivity index (χ0) is 13.7. The van der Waals surface area contributed by atoms with Gasteiger partial charge in [-0.3, -0.25) is 9.59 Å². The normalized spacial score (nSPS) is 23.9. The van der Waals surface area contributed by atoms with Gasteiger partial charge in [-0.05, 0) is 26.7 Å². The fourth-order valence-corrected chi connectivity index (χ4v) is 2.16. The molecule has 0 aromatic heterocycles. The molecular formula is C14H24N2O2. The Morgan fingerprint density at radius 3 is 2.50 bits per heavy atom. The first-order valence-electron chi connectivity index (χ1n) is 6.75. The van der Waals surface area contributed by atoms with Crippen molar-refractivity contribution >= 4 is 11.8 Å². The number of amides is 2. The van der Waals surface area contributed by atoms with Gasteiger partial charge in [-0.2, -0.15) is 0 Å². The molecule has 0 bridgehead atoms. The van der Waals surface area contributed by atoms with Gasteiger partial charge in [0.15, 0.2) is 0 Å². The lowest BCUT2D eigenvalue weighted by atomic mass is 10.0. The summed E-state index contributed by atoms with van der Waals surface area (Å²) in [6.07, 6.45) is 4.28. The molecule has 1 rings (SSSR count). The minimum Gasteiger partial charge on any atom is -0.343 e. The maximum absolute atomic E-state index is 12.3. The van der Waals surface area contributed by atoms with Crippen molar-refractivity contribution < 1.29 is 9.59 Å². The van der Waals surface area contributed by atoms with Crippen molar-refractivity contribution in [3.05, 3.63) is 11.6 Å². The predicted molar refractivity (Wildman–Crippen MR) is 72.1 cm³/mol. The molecule has 0 saturated carbocycles. The second-order valence-electron chi connectivity index (χ2n) is 5.05. The van der Waals surface area contributed by atoms with E-state index in [9.17, 15) is 9.59 Å². The Kier molecular flexibility index (Phi) is 5.38. The van der Waals surface area contributed by atoms with Crippen LogP contribution in [0.3, 0.4) is 0 Å². The maximum atomic E-state index is 12.3. The molecule has 0 aromatic carbocycles. The van der Waals surface area contributed by atoms with Gasteiger partial charge < -0.3 is 10.2 Å². The summed E-state index contributed by atoms with van der Waals surface area (Å²) in [5.41, 5.74) is 1.16. The quantitative estimate of drug-likeness (QED) is 0.759. The smallest absolute Gasteiger partial charge is 0.246 e. The van der Waals surface area contributed by atoms with Crippen LogP contribution in [0.5, 0.6) is 0 Å². The van der Waals surface area contributed by atoms with Crippen LogP contribution in [0.2, 0.25) is 0 Å². The first kappa shape index (κ1) is 14.7. The number of hydrogen-bond acceptors (Lipinski definition) is 2. The Hall–Kier alpha value is -1.32. The van der Waals surface area contributed by atoms with Crippen LogP contribution in [0.25, 0.3) is 0 Å². The molecule has 1 saturated heterocycles. The molecule has 102 valence electrons. The number of allylic oxidation sites excluding steroid dienone is 1. The Balaban J connectivity index is 2.89. The van der Waals surface area contributed by atoms with Crippen LogP contribution in [0, 0.1) is 0 Å². The standard InChI is InChI=1S/C14H24N2O2/c1-5-7-12-13(17)15-11(6-2)14(18)16(12)9-8-10(3)4/h8,11-12H,5-7,9H2,1-4H3,(H,15,17). The summed E-state index contributed by atoms with van der Waals surface area (Å²) in [6.45, 7) is 8.49. The van der Waals surface area contributed by atoms with E-state index in [2.05, 4.69) is 5.32 Å². The summed E-state index contributed by atoms with van der Waals surface area (Å²) in [4.78, 5) is 26.0. The van der Waals surface area contributed by atoms with Gasteiger partial charge in [0.25, 0.3) is 0 Å². The summed E-state index contributed by atoms with van der Waals surface area (Å²) in [5, 5.41) is 2.82. The second-order valence-corrected chi connectivity index (χ2v) is 5.05. The summed E-state index contributed by atoms with van der Waals surface area (Å²) in [5.74, 6) is 0.0403. The number of rotatable bonds is 5. The van der Waals surface area contributed by atoms with E-state index < -0.39 is 0 Å². The largest absolute Gasteiger partial charge is 0.343 e. The van der Waals surface area contributed by atoms with E-state index in [4.69, 9.17) is 0 Å². The van der Waals surface area contributed by atoms with Crippen molar-refractivity contribution in [1.29, 1.82) is 0 Å². The van der Waals surface area contributed by atoms with E-state index in [1.807, 2.05) is 33.8 Å². The number of nitrogens with zero attached hydrogens (tertiary/aromatic N) is 1. The zero-order valence-corrected chi connectivity index (χ0v) is 11.8. The van der Waals surface area contributed by atoms with Crippen molar-refractivity contribution in [2.24, 2.45) is 0 Å². The van der Waals surface area contributed by atoms with Crippen molar-refractivity contribution in [3.63, 3.8) is 0 Å². The van der Waals surface area contributed by atoms with Crippen molar-refractivity contribution in [1.82, 2.24) is 10.2 Å². The Labute approximate surface area is 109 Å². The van der Waals surface area contributed by atoms with Crippen molar-refractivity contribution in [2.75, 3.05) is 6.54 Å². The van der Waals surface area contributed by atoms with E-state index in [0.29, 0.717) is 13.0 Å². The lowest BCUT2D eigenvalue weighted by Gasteiger charge is -2.38. The fraction of sp³-hybridized carbons (Fsp3) is 0.714. The van der Waals surface area contributed by atoms with Crippen molar-refractivity contribution in [2.45, 2.75) is 59.0 Å². The molecule has 0 aliphatic carbocycles. The molecule has 4 heteroatoms. The molecule has 18 heavy (non-hydrogen) atoms.